The predicted octanol–water partition coefficient (Wildman–Crippen LogP) is -0.407. The maximum atomic E-state index is 9.13. The lowest BCUT2D eigenvalue weighted by Crippen LogP contribution is -2.54. The molecule has 1 heterocycles. The number of aliphatic hydroxyl groups excluding tert-OH is 1. The lowest BCUT2D eigenvalue weighted by Gasteiger charge is -2.40. The highest BCUT2D eigenvalue weighted by Crippen LogP contribution is 2.10. The molecule has 0 bridgehead atoms. The van der Waals surface area contributed by atoms with Gasteiger partial charge in [-0.15, -0.1) is 0 Å². The predicted molar refractivity (Wildman–Crippen MR) is 63.1 cm³/mol. The quantitative estimate of drug-likeness (QED) is 0.654. The van der Waals surface area contributed by atoms with Crippen molar-refractivity contribution in [2.75, 3.05) is 46.9 Å². The molecule has 0 saturated carbocycles. The number of nitrogens with zero attached hydrogens (tertiary/aromatic N) is 2. The van der Waals surface area contributed by atoms with Crippen LogP contribution in [0.15, 0.2) is 0 Å². The summed E-state index contributed by atoms with van der Waals surface area (Å²) in [5, 5.41) is 12.3. The molecule has 2 atom stereocenters. The lowest BCUT2D eigenvalue weighted by atomic mass is 10.1. The summed E-state index contributed by atoms with van der Waals surface area (Å²) in [7, 11) is 4.11. The van der Waals surface area contributed by atoms with Crippen molar-refractivity contribution >= 4 is 0 Å². The molecular weight excluding hydrogens is 190 g/mol. The van der Waals surface area contributed by atoms with Crippen LogP contribution in [0.5, 0.6) is 0 Å². The number of rotatable bonds is 5. The molecule has 2 N–H and O–H groups in total. The monoisotopic (exact) mass is 215 g/mol. The number of aliphatic hydroxyl groups is 1. The molecule has 0 amide bonds. The largest absolute Gasteiger partial charge is 0.395 e. The van der Waals surface area contributed by atoms with Gasteiger partial charge in [-0.1, -0.05) is 6.92 Å². The maximum Gasteiger partial charge on any atom is 0.0597 e. The van der Waals surface area contributed by atoms with Gasteiger partial charge in [0.25, 0.3) is 0 Å². The van der Waals surface area contributed by atoms with Gasteiger partial charge in [0, 0.05) is 38.3 Å². The first kappa shape index (κ1) is 12.9. The average Bonchev–Trinajstić information content (AvgIpc) is 2.28. The Morgan fingerprint density at radius 1 is 1.47 bits per heavy atom. The van der Waals surface area contributed by atoms with Gasteiger partial charge in [0.1, 0.15) is 0 Å². The van der Waals surface area contributed by atoms with Gasteiger partial charge < -0.3 is 15.3 Å². The van der Waals surface area contributed by atoms with Crippen LogP contribution in [-0.4, -0.2) is 73.9 Å². The smallest absolute Gasteiger partial charge is 0.0597 e. The Labute approximate surface area is 93.2 Å². The van der Waals surface area contributed by atoms with Crippen LogP contribution in [0.2, 0.25) is 0 Å². The van der Waals surface area contributed by atoms with Crippen molar-refractivity contribution in [1.82, 2.24) is 15.1 Å². The van der Waals surface area contributed by atoms with E-state index in [1.807, 2.05) is 7.05 Å². The zero-order chi connectivity index (χ0) is 11.3. The van der Waals surface area contributed by atoms with E-state index in [-0.39, 0.29) is 12.6 Å². The zero-order valence-corrected chi connectivity index (χ0v) is 10.2. The van der Waals surface area contributed by atoms with Crippen molar-refractivity contribution in [3.63, 3.8) is 0 Å². The fraction of sp³-hybridized carbons (Fsp3) is 1.00. The summed E-state index contributed by atoms with van der Waals surface area (Å²) in [5.41, 5.74) is 0. The van der Waals surface area contributed by atoms with Gasteiger partial charge in [-0.25, -0.2) is 0 Å². The van der Waals surface area contributed by atoms with E-state index in [1.54, 1.807) is 0 Å². The highest BCUT2D eigenvalue weighted by atomic mass is 16.3. The van der Waals surface area contributed by atoms with E-state index in [0.29, 0.717) is 6.04 Å². The molecule has 0 aromatic heterocycles. The van der Waals surface area contributed by atoms with E-state index in [1.165, 1.54) is 6.42 Å². The third kappa shape index (κ3) is 3.72. The fourth-order valence-electron chi connectivity index (χ4n) is 2.17. The van der Waals surface area contributed by atoms with Crippen LogP contribution in [0, 0.1) is 0 Å². The Hall–Kier alpha value is -0.160. The minimum absolute atomic E-state index is 0.214. The van der Waals surface area contributed by atoms with Crippen molar-refractivity contribution in [3.8, 4) is 0 Å². The standard InChI is InChI=1S/C11H25N3O/c1-4-11-8-14(6-5-13(11)3)7-10(9-15)12-2/h10-12,15H,4-9H2,1-3H3. The van der Waals surface area contributed by atoms with E-state index in [4.69, 9.17) is 5.11 Å². The van der Waals surface area contributed by atoms with Crippen LogP contribution in [0.3, 0.4) is 0 Å². The summed E-state index contributed by atoms with van der Waals surface area (Å²) in [6, 6.07) is 0.890. The van der Waals surface area contributed by atoms with Crippen LogP contribution in [0.4, 0.5) is 0 Å². The molecule has 2 unspecified atom stereocenters. The molecule has 1 rings (SSSR count). The first-order chi connectivity index (χ1) is 7.21. The summed E-state index contributed by atoms with van der Waals surface area (Å²) in [6.07, 6.45) is 1.20. The number of hydrogen-bond donors (Lipinski definition) is 2. The molecule has 0 aliphatic carbocycles. The number of piperazine rings is 1. The second-order valence-electron chi connectivity index (χ2n) is 4.47. The minimum atomic E-state index is 0.214. The number of nitrogens with one attached hydrogen (secondary N) is 1. The van der Waals surface area contributed by atoms with E-state index in [9.17, 15) is 0 Å². The first-order valence-electron chi connectivity index (χ1n) is 5.92. The van der Waals surface area contributed by atoms with Gasteiger partial charge in [0.2, 0.25) is 0 Å². The summed E-state index contributed by atoms with van der Waals surface area (Å²) >= 11 is 0. The maximum absolute atomic E-state index is 9.13. The fourth-order valence-corrected chi connectivity index (χ4v) is 2.17. The molecule has 1 fully saturated rings. The normalized spacial score (nSPS) is 26.8. The lowest BCUT2D eigenvalue weighted by molar-refractivity contribution is 0.0790. The van der Waals surface area contributed by atoms with Gasteiger partial charge in [-0.3, -0.25) is 4.90 Å². The first-order valence-corrected chi connectivity index (χ1v) is 5.92. The van der Waals surface area contributed by atoms with Gasteiger partial charge >= 0.3 is 0 Å². The number of hydrogen-bond acceptors (Lipinski definition) is 4. The van der Waals surface area contributed by atoms with E-state index < -0.39 is 0 Å². The highest BCUT2D eigenvalue weighted by molar-refractivity contribution is 4.81. The number of likely N-dealkylation sites (N-methyl/N-ethyl adjacent to an activating group) is 2. The molecule has 0 spiro atoms. The summed E-state index contributed by atoms with van der Waals surface area (Å²) in [5.74, 6) is 0. The Bertz CT molecular complexity index is 171. The van der Waals surface area contributed by atoms with Crippen molar-refractivity contribution < 1.29 is 5.11 Å². The van der Waals surface area contributed by atoms with Crippen LogP contribution >= 0.6 is 0 Å². The molecule has 1 saturated heterocycles. The van der Waals surface area contributed by atoms with Crippen molar-refractivity contribution in [2.24, 2.45) is 0 Å². The van der Waals surface area contributed by atoms with Crippen LogP contribution in [0.25, 0.3) is 0 Å². The third-order valence-electron chi connectivity index (χ3n) is 3.44. The molecule has 1 aliphatic heterocycles. The van der Waals surface area contributed by atoms with E-state index in [2.05, 4.69) is 29.1 Å². The van der Waals surface area contributed by atoms with Crippen LogP contribution in [0.1, 0.15) is 13.3 Å². The average molecular weight is 215 g/mol. The summed E-state index contributed by atoms with van der Waals surface area (Å²) < 4.78 is 0. The molecule has 4 nitrogen and oxygen atoms in total. The van der Waals surface area contributed by atoms with E-state index >= 15 is 0 Å². The van der Waals surface area contributed by atoms with Gasteiger partial charge in [0.15, 0.2) is 0 Å². The van der Waals surface area contributed by atoms with Gasteiger partial charge in [-0.05, 0) is 20.5 Å². The van der Waals surface area contributed by atoms with Crippen LogP contribution in [-0.2, 0) is 0 Å². The van der Waals surface area contributed by atoms with Crippen molar-refractivity contribution in [3.05, 3.63) is 0 Å². The Kier molecular flexibility index (Phi) is 5.53. The van der Waals surface area contributed by atoms with E-state index in [0.717, 1.165) is 26.2 Å². The molecular formula is C11H25N3O. The molecule has 0 aromatic rings. The van der Waals surface area contributed by atoms with Gasteiger partial charge in [0.05, 0.1) is 6.61 Å². The highest BCUT2D eigenvalue weighted by Gasteiger charge is 2.23. The zero-order valence-electron chi connectivity index (χ0n) is 10.2. The molecule has 1 aliphatic rings. The molecule has 90 valence electrons. The Balaban J connectivity index is 2.37. The SMILES string of the molecule is CCC1CN(CC(CO)NC)CCN1C. The topological polar surface area (TPSA) is 38.7 Å². The van der Waals surface area contributed by atoms with Gasteiger partial charge in [-0.2, -0.15) is 0 Å². The molecule has 0 aromatic carbocycles. The molecule has 0 radical (unpaired) electrons. The van der Waals surface area contributed by atoms with Crippen molar-refractivity contribution in [2.45, 2.75) is 25.4 Å². The third-order valence-corrected chi connectivity index (χ3v) is 3.44. The Morgan fingerprint density at radius 2 is 2.20 bits per heavy atom. The minimum Gasteiger partial charge on any atom is -0.395 e. The Morgan fingerprint density at radius 3 is 2.73 bits per heavy atom. The van der Waals surface area contributed by atoms with Crippen LogP contribution < -0.4 is 5.32 Å². The molecule has 15 heavy (non-hydrogen) atoms. The summed E-state index contributed by atoms with van der Waals surface area (Å²) in [4.78, 5) is 4.88. The second-order valence-corrected chi connectivity index (χ2v) is 4.47. The second kappa shape index (κ2) is 6.43. The molecule has 4 heteroatoms. The van der Waals surface area contributed by atoms with Crippen molar-refractivity contribution in [1.29, 1.82) is 0 Å². The summed E-state index contributed by atoms with van der Waals surface area (Å²) in [6.45, 7) is 6.81.